The van der Waals surface area contributed by atoms with Crippen LogP contribution in [0.4, 0.5) is 0 Å². The average Bonchev–Trinajstić information content (AvgIpc) is 2.54. The number of pyridine rings is 2. The molecule has 0 spiro atoms. The maximum Gasteiger partial charge on any atom is 0.264 e. The minimum Gasteiger partial charge on any atom is -0.365 e. The summed E-state index contributed by atoms with van der Waals surface area (Å²) in [4.78, 5) is 41.8. The van der Waals surface area contributed by atoms with Crippen molar-refractivity contribution < 1.29 is 9.59 Å². The highest BCUT2D eigenvalue weighted by atomic mass is 16.2. The van der Waals surface area contributed by atoms with Gasteiger partial charge in [0.2, 0.25) is 5.91 Å². The van der Waals surface area contributed by atoms with Gasteiger partial charge in [-0.15, -0.1) is 0 Å². The molecule has 0 atom stereocenters. The molecule has 3 rings (SSSR count). The molecular weight excluding hydrogens is 296 g/mol. The number of nitrogens with two attached hydrogens (primary N) is 1. The van der Waals surface area contributed by atoms with E-state index in [1.807, 2.05) is 0 Å². The highest BCUT2D eigenvalue weighted by Gasteiger charge is 2.19. The van der Waals surface area contributed by atoms with Gasteiger partial charge in [-0.25, -0.2) is 0 Å². The molecule has 0 aliphatic carbocycles. The Labute approximate surface area is 132 Å². The second-order valence-electron chi connectivity index (χ2n) is 5.62. The Hall–Kier alpha value is -2.70. The van der Waals surface area contributed by atoms with Crippen LogP contribution < -0.4 is 11.3 Å². The second kappa shape index (κ2) is 6.20. The van der Waals surface area contributed by atoms with Gasteiger partial charge in [0, 0.05) is 32.3 Å². The number of likely N-dealkylation sites (tertiary alicyclic amines) is 1. The molecule has 0 unspecified atom stereocenters. The Morgan fingerprint density at radius 3 is 2.83 bits per heavy atom. The fourth-order valence-electron chi connectivity index (χ4n) is 2.92. The Morgan fingerprint density at radius 2 is 2.09 bits per heavy atom. The maximum atomic E-state index is 12.5. The number of primary amides is 1. The van der Waals surface area contributed by atoms with Crippen LogP contribution in [0.25, 0.3) is 11.0 Å². The molecule has 0 radical (unpaired) electrons. The molecule has 2 N–H and O–H groups in total. The topological polar surface area (TPSA) is 98.3 Å². The van der Waals surface area contributed by atoms with Crippen molar-refractivity contribution in [3.63, 3.8) is 0 Å². The van der Waals surface area contributed by atoms with E-state index in [1.54, 1.807) is 23.2 Å². The lowest BCUT2D eigenvalue weighted by Gasteiger charge is -2.27. The number of hydrogen-bond acceptors (Lipinski definition) is 4. The number of carbonyl (C=O) groups excluding carboxylic acids is 2. The van der Waals surface area contributed by atoms with Crippen LogP contribution in [-0.4, -0.2) is 39.4 Å². The lowest BCUT2D eigenvalue weighted by Crippen LogP contribution is -2.39. The lowest BCUT2D eigenvalue weighted by molar-refractivity contribution is -0.133. The van der Waals surface area contributed by atoms with E-state index in [-0.39, 0.29) is 11.5 Å². The Morgan fingerprint density at radius 1 is 1.26 bits per heavy atom. The number of piperidine rings is 1. The summed E-state index contributed by atoms with van der Waals surface area (Å²) in [6, 6.07) is 4.92. The van der Waals surface area contributed by atoms with Crippen molar-refractivity contribution in [1.82, 2.24) is 14.5 Å². The van der Waals surface area contributed by atoms with E-state index in [2.05, 4.69) is 4.98 Å². The molecule has 7 nitrogen and oxygen atoms in total. The predicted octanol–water partition coefficient (Wildman–Crippen LogP) is 0.508. The van der Waals surface area contributed by atoms with Gasteiger partial charge in [0.25, 0.3) is 11.5 Å². The first-order chi connectivity index (χ1) is 11.1. The van der Waals surface area contributed by atoms with Crippen molar-refractivity contribution in [2.24, 2.45) is 5.73 Å². The molecule has 1 saturated heterocycles. The van der Waals surface area contributed by atoms with Crippen molar-refractivity contribution in [2.75, 3.05) is 13.1 Å². The Balaban J connectivity index is 1.98. The molecule has 7 heteroatoms. The van der Waals surface area contributed by atoms with Crippen LogP contribution in [0.1, 0.15) is 29.6 Å². The summed E-state index contributed by atoms with van der Waals surface area (Å²) in [6.07, 6.45) is 4.04. The number of amides is 2. The molecule has 0 aromatic carbocycles. The van der Waals surface area contributed by atoms with Gasteiger partial charge in [-0.2, -0.15) is 0 Å². The van der Waals surface area contributed by atoms with Gasteiger partial charge in [-0.05, 0) is 31.0 Å². The number of fused-ring (bicyclic) bond motifs is 1. The average molecular weight is 314 g/mol. The molecule has 1 aliphatic heterocycles. The second-order valence-corrected chi connectivity index (χ2v) is 5.62. The van der Waals surface area contributed by atoms with Gasteiger partial charge in [0.15, 0.2) is 0 Å². The number of carbonyl (C=O) groups is 2. The summed E-state index contributed by atoms with van der Waals surface area (Å²) < 4.78 is 1.48. The largest absolute Gasteiger partial charge is 0.365 e. The minimum atomic E-state index is -0.773. The first kappa shape index (κ1) is 15.2. The molecule has 0 saturated carbocycles. The van der Waals surface area contributed by atoms with Gasteiger partial charge in [-0.1, -0.05) is 0 Å². The Bertz CT molecular complexity index is 828. The minimum absolute atomic E-state index is 0.0822. The first-order valence-electron chi connectivity index (χ1n) is 7.64. The molecule has 2 amide bonds. The zero-order valence-electron chi connectivity index (χ0n) is 12.7. The van der Waals surface area contributed by atoms with Crippen LogP contribution in [-0.2, 0) is 11.3 Å². The molecule has 120 valence electrons. The zero-order valence-corrected chi connectivity index (χ0v) is 12.7. The standard InChI is InChI=1S/C16H18N4O3/c17-15(22)11-10-12-13(4-3-6-18-12)20(16(11)23)9-8-19-7-2-1-5-14(19)21/h3-4,6,10H,1-2,5,7-9H2,(H2,17,22). The highest BCUT2D eigenvalue weighted by molar-refractivity contribution is 5.95. The van der Waals surface area contributed by atoms with Gasteiger partial charge in [0.1, 0.15) is 5.56 Å². The van der Waals surface area contributed by atoms with Crippen molar-refractivity contribution in [3.8, 4) is 0 Å². The van der Waals surface area contributed by atoms with Crippen molar-refractivity contribution in [2.45, 2.75) is 25.8 Å². The highest BCUT2D eigenvalue weighted by Crippen LogP contribution is 2.13. The fraction of sp³-hybridized carbons (Fsp3) is 0.375. The number of nitrogens with zero attached hydrogens (tertiary/aromatic N) is 3. The third-order valence-electron chi connectivity index (χ3n) is 4.14. The number of rotatable bonds is 4. The van der Waals surface area contributed by atoms with Crippen molar-refractivity contribution >= 4 is 22.8 Å². The molecular formula is C16H18N4O3. The maximum absolute atomic E-state index is 12.5. The van der Waals surface area contributed by atoms with Gasteiger partial charge >= 0.3 is 0 Å². The molecule has 3 heterocycles. The SMILES string of the molecule is NC(=O)c1cc2ncccc2n(CCN2CCCCC2=O)c1=O. The van der Waals surface area contributed by atoms with E-state index in [0.29, 0.717) is 37.1 Å². The lowest BCUT2D eigenvalue weighted by atomic mass is 10.1. The summed E-state index contributed by atoms with van der Waals surface area (Å²) in [5.74, 6) is -0.664. The predicted molar refractivity (Wildman–Crippen MR) is 85.0 cm³/mol. The van der Waals surface area contributed by atoms with E-state index in [9.17, 15) is 14.4 Å². The number of aromatic nitrogens is 2. The quantitative estimate of drug-likeness (QED) is 0.889. The molecule has 0 bridgehead atoms. The third kappa shape index (κ3) is 2.94. The molecule has 23 heavy (non-hydrogen) atoms. The smallest absolute Gasteiger partial charge is 0.264 e. The normalized spacial score (nSPS) is 15.1. The molecule has 1 fully saturated rings. The van der Waals surface area contributed by atoms with Crippen molar-refractivity contribution in [1.29, 1.82) is 0 Å². The van der Waals surface area contributed by atoms with Crippen LogP contribution in [0.5, 0.6) is 0 Å². The summed E-state index contributed by atoms with van der Waals surface area (Å²) in [5.41, 5.74) is 5.93. The van der Waals surface area contributed by atoms with Crippen LogP contribution in [0.2, 0.25) is 0 Å². The van der Waals surface area contributed by atoms with Crippen molar-refractivity contribution in [3.05, 3.63) is 40.3 Å². The molecule has 2 aromatic rings. The van der Waals surface area contributed by atoms with E-state index in [0.717, 1.165) is 12.8 Å². The Kier molecular flexibility index (Phi) is 4.10. The van der Waals surface area contributed by atoms with Crippen LogP contribution in [0.3, 0.4) is 0 Å². The summed E-state index contributed by atoms with van der Waals surface area (Å²) >= 11 is 0. The van der Waals surface area contributed by atoms with Crippen LogP contribution in [0.15, 0.2) is 29.2 Å². The summed E-state index contributed by atoms with van der Waals surface area (Å²) in [7, 11) is 0. The van der Waals surface area contributed by atoms with Gasteiger partial charge < -0.3 is 15.2 Å². The number of hydrogen-bond donors (Lipinski definition) is 1. The van der Waals surface area contributed by atoms with Gasteiger partial charge in [0.05, 0.1) is 11.0 Å². The van der Waals surface area contributed by atoms with Gasteiger partial charge in [-0.3, -0.25) is 19.4 Å². The van der Waals surface area contributed by atoms with E-state index in [1.165, 1.54) is 10.6 Å². The van der Waals surface area contributed by atoms with Crippen LogP contribution >= 0.6 is 0 Å². The first-order valence-corrected chi connectivity index (χ1v) is 7.64. The zero-order chi connectivity index (χ0) is 16.4. The summed E-state index contributed by atoms with van der Waals surface area (Å²) in [6.45, 7) is 1.46. The summed E-state index contributed by atoms with van der Waals surface area (Å²) in [5, 5.41) is 0. The monoisotopic (exact) mass is 314 g/mol. The van der Waals surface area contributed by atoms with Crippen LogP contribution in [0, 0.1) is 0 Å². The molecule has 2 aromatic heterocycles. The van der Waals surface area contributed by atoms with E-state index >= 15 is 0 Å². The van der Waals surface area contributed by atoms with E-state index in [4.69, 9.17) is 5.73 Å². The third-order valence-corrected chi connectivity index (χ3v) is 4.14. The van der Waals surface area contributed by atoms with E-state index < -0.39 is 11.5 Å². The molecule has 1 aliphatic rings. The fourth-order valence-corrected chi connectivity index (χ4v) is 2.92.